The van der Waals surface area contributed by atoms with Crippen LogP contribution in [0.2, 0.25) is 0 Å². The maximum atomic E-state index is 12.8. The van der Waals surface area contributed by atoms with Crippen LogP contribution < -0.4 is 16.4 Å². The average molecular weight is 988 g/mol. The number of hydrogen-bond donors (Lipinski definition) is 5. The fourth-order valence-corrected chi connectivity index (χ4v) is 7.77. The van der Waals surface area contributed by atoms with Crippen LogP contribution in [0.1, 0.15) is 184 Å². The zero-order valence-corrected chi connectivity index (χ0v) is 42.0. The van der Waals surface area contributed by atoms with Crippen molar-refractivity contribution in [1.82, 2.24) is 10.6 Å². The zero-order chi connectivity index (χ0) is 52.5. The van der Waals surface area contributed by atoms with E-state index in [4.69, 9.17) is 34.2 Å². The van der Waals surface area contributed by atoms with Crippen molar-refractivity contribution in [1.29, 1.82) is 0 Å². The molecule has 8 atom stereocenters. The number of nitrogens with one attached hydrogen (secondary N) is 2. The number of carbonyl (C=O) groups excluding carboxylic acids is 8. The second kappa shape index (κ2) is 36.6. The molecule has 0 aromatic heterocycles. The number of rotatable bonds is 39. The molecule has 0 aliphatic rings. The van der Waals surface area contributed by atoms with Gasteiger partial charge in [0, 0.05) is 54.4 Å². The summed E-state index contributed by atoms with van der Waals surface area (Å²) in [5.41, 5.74) is 5.45. The van der Waals surface area contributed by atoms with Crippen molar-refractivity contribution in [3.05, 3.63) is 0 Å². The summed E-state index contributed by atoms with van der Waals surface area (Å²) in [6.07, 6.45) is 2.59. The van der Waals surface area contributed by atoms with Gasteiger partial charge in [0.2, 0.25) is 11.8 Å². The number of carboxylic acid groups (broad SMARTS) is 2. The summed E-state index contributed by atoms with van der Waals surface area (Å²) in [7, 11) is 0. The number of nitrogens with two attached hydrogens (primary N) is 1. The van der Waals surface area contributed by atoms with E-state index in [9.17, 15) is 58.2 Å². The summed E-state index contributed by atoms with van der Waals surface area (Å²) in [5, 5.41) is 23.8. The van der Waals surface area contributed by atoms with Crippen LogP contribution in [-0.2, 0) is 76.4 Å². The molecule has 0 aliphatic heterocycles. The number of amides is 2. The highest BCUT2D eigenvalue weighted by atomic mass is 16.6. The molecule has 2 amide bonds. The molecule has 396 valence electrons. The summed E-state index contributed by atoms with van der Waals surface area (Å²) < 4.78 is 33.8. The van der Waals surface area contributed by atoms with Crippen molar-refractivity contribution in [2.45, 2.75) is 233 Å². The van der Waals surface area contributed by atoms with E-state index in [0.29, 0.717) is 38.6 Å². The van der Waals surface area contributed by atoms with E-state index >= 15 is 0 Å². The van der Waals surface area contributed by atoms with Crippen LogP contribution in [0.5, 0.6) is 0 Å². The second-order valence-corrected chi connectivity index (χ2v) is 17.6. The van der Waals surface area contributed by atoms with Crippen molar-refractivity contribution in [2.24, 2.45) is 11.7 Å². The van der Waals surface area contributed by atoms with E-state index < -0.39 is 108 Å². The first-order chi connectivity index (χ1) is 32.5. The monoisotopic (exact) mass is 988 g/mol. The van der Waals surface area contributed by atoms with Gasteiger partial charge in [0.05, 0.1) is 0 Å². The Bertz CT molecular complexity index is 1620. The molecule has 0 aliphatic carbocycles. The molecule has 0 fully saturated rings. The van der Waals surface area contributed by atoms with Gasteiger partial charge in [0.25, 0.3) is 0 Å². The highest BCUT2D eigenvalue weighted by Gasteiger charge is 2.50. The fraction of sp³-hybridized carbons (Fsp3) is 0.792. The molecule has 7 unspecified atom stereocenters. The van der Waals surface area contributed by atoms with Gasteiger partial charge in [-0.1, -0.05) is 84.5 Å². The molecule has 0 saturated heterocycles. The zero-order valence-electron chi connectivity index (χ0n) is 42.0. The van der Waals surface area contributed by atoms with E-state index in [2.05, 4.69) is 10.6 Å². The smallest absolute Gasteiger partial charge is 0.326 e. The van der Waals surface area contributed by atoms with Crippen LogP contribution in [0.4, 0.5) is 0 Å². The van der Waals surface area contributed by atoms with Gasteiger partial charge in [-0.15, -0.1) is 0 Å². The van der Waals surface area contributed by atoms with E-state index in [1.165, 1.54) is 0 Å². The minimum atomic E-state index is -1.85. The largest absolute Gasteiger partial charge is 0.480 e. The van der Waals surface area contributed by atoms with Crippen LogP contribution >= 0.6 is 0 Å². The molecule has 6 N–H and O–H groups in total. The minimum absolute atomic E-state index is 0.0674. The van der Waals surface area contributed by atoms with Gasteiger partial charge in [0.15, 0.2) is 24.4 Å². The van der Waals surface area contributed by atoms with E-state index in [1.807, 2.05) is 0 Å². The molecule has 21 heteroatoms. The third-order valence-electron chi connectivity index (χ3n) is 10.9. The van der Waals surface area contributed by atoms with Crippen molar-refractivity contribution in [3.8, 4) is 0 Å². The molecular formula is C48H81N3O18. The maximum Gasteiger partial charge on any atom is 0.326 e. The topological polar surface area (TPSA) is 317 Å². The first kappa shape index (κ1) is 63.7. The molecule has 0 rings (SSSR count). The molecule has 0 radical (unpaired) electrons. The van der Waals surface area contributed by atoms with Gasteiger partial charge in [0.1, 0.15) is 24.3 Å². The van der Waals surface area contributed by atoms with Crippen molar-refractivity contribution >= 4 is 59.6 Å². The lowest BCUT2D eigenvalue weighted by Crippen LogP contribution is -2.58. The predicted molar refractivity (Wildman–Crippen MR) is 249 cm³/mol. The number of ether oxygens (including phenoxy) is 6. The molecule has 0 aromatic carbocycles. The Morgan fingerprint density at radius 1 is 0.406 bits per heavy atom. The van der Waals surface area contributed by atoms with Gasteiger partial charge in [-0.3, -0.25) is 38.4 Å². The molecule has 0 spiro atoms. The lowest BCUT2D eigenvalue weighted by atomic mass is 9.91. The Morgan fingerprint density at radius 3 is 1.09 bits per heavy atom. The van der Waals surface area contributed by atoms with Gasteiger partial charge in [-0.25, -0.2) is 9.59 Å². The SMILES string of the molecule is CC(=O)OC(CCCCCCCCCCCCCCCC(=O)NC(CCCN)C(=O)O)C(OC(C)=O)C(OC(C)=O)C(OC(C)=O)C(OC(C)=O)C(CCCC(=O)N[C@H](C(=O)O)C(C)C)OC(C)=O. The second-order valence-electron chi connectivity index (χ2n) is 17.6. The predicted octanol–water partition coefficient (Wildman–Crippen LogP) is 5.13. The third kappa shape index (κ3) is 30.7. The van der Waals surface area contributed by atoms with Crippen LogP contribution in [0.3, 0.4) is 0 Å². The number of hydrogen-bond acceptors (Lipinski definition) is 17. The van der Waals surface area contributed by atoms with Gasteiger partial charge >= 0.3 is 47.8 Å². The Kier molecular flexibility index (Phi) is 33.8. The summed E-state index contributed by atoms with van der Waals surface area (Å²) in [4.78, 5) is 124. The third-order valence-corrected chi connectivity index (χ3v) is 10.9. The van der Waals surface area contributed by atoms with Crippen LogP contribution in [0.15, 0.2) is 0 Å². The summed E-state index contributed by atoms with van der Waals surface area (Å²) >= 11 is 0. The number of esters is 6. The minimum Gasteiger partial charge on any atom is -0.480 e. The van der Waals surface area contributed by atoms with Crippen LogP contribution in [-0.4, -0.2) is 125 Å². The molecule has 69 heavy (non-hydrogen) atoms. The number of carboxylic acids is 2. The quantitative estimate of drug-likeness (QED) is 0.0303. The normalized spacial score (nSPS) is 14.6. The number of aliphatic carboxylic acids is 2. The molecule has 0 aromatic rings. The van der Waals surface area contributed by atoms with Crippen molar-refractivity contribution in [2.75, 3.05) is 6.54 Å². The summed E-state index contributed by atoms with van der Waals surface area (Å²) in [5.74, 6) is -9.05. The van der Waals surface area contributed by atoms with Gasteiger partial charge < -0.3 is 55.0 Å². The Labute approximate surface area is 406 Å². The summed E-state index contributed by atoms with van der Waals surface area (Å²) in [6, 6.07) is -2.09. The maximum absolute atomic E-state index is 12.8. The van der Waals surface area contributed by atoms with Crippen molar-refractivity contribution in [3.63, 3.8) is 0 Å². The van der Waals surface area contributed by atoms with Crippen LogP contribution in [0, 0.1) is 5.92 Å². The molecule has 21 nitrogen and oxygen atoms in total. The van der Waals surface area contributed by atoms with Gasteiger partial charge in [-0.05, 0) is 57.4 Å². The molecule has 0 bridgehead atoms. The lowest BCUT2D eigenvalue weighted by molar-refractivity contribution is -0.219. The van der Waals surface area contributed by atoms with E-state index in [-0.39, 0.29) is 38.0 Å². The first-order valence-electron chi connectivity index (χ1n) is 24.3. The highest BCUT2D eigenvalue weighted by molar-refractivity contribution is 5.84. The van der Waals surface area contributed by atoms with E-state index in [1.54, 1.807) is 13.8 Å². The number of unbranched alkanes of at least 4 members (excludes halogenated alkanes) is 12. The fourth-order valence-electron chi connectivity index (χ4n) is 7.77. The van der Waals surface area contributed by atoms with Crippen molar-refractivity contribution < 1.29 is 86.6 Å². The molecular weight excluding hydrogens is 907 g/mol. The van der Waals surface area contributed by atoms with Crippen LogP contribution in [0.25, 0.3) is 0 Å². The summed E-state index contributed by atoms with van der Waals surface area (Å²) in [6.45, 7) is 9.89. The Hall–Kier alpha value is -5.34. The standard InChI is InChI=1S/C48H81N3O18/c1-30(2)42(48(62)63)51-41(59)28-22-26-39(65-32(4)53)44(67-34(6)55)46(69-36(8)57)45(68-35(7)56)43(66-33(5)54)38(64-31(3)52)25-20-18-16-14-12-10-9-11-13-15-17-19-21-27-40(58)50-37(47(60)61)24-23-29-49/h30,37-39,42-46H,9-29,49H2,1-8H3,(H,50,58)(H,51,59)(H,60,61)(H,62,63)/t37?,38?,39?,42-,43?,44?,45?,46?/m0/s1. The van der Waals surface area contributed by atoms with Gasteiger partial charge in [-0.2, -0.15) is 0 Å². The Morgan fingerprint density at radius 2 is 0.739 bits per heavy atom. The highest BCUT2D eigenvalue weighted by Crippen LogP contribution is 2.29. The molecule has 0 heterocycles. The lowest BCUT2D eigenvalue weighted by Gasteiger charge is -2.40. The average Bonchev–Trinajstić information content (AvgIpc) is 3.23. The first-order valence-corrected chi connectivity index (χ1v) is 24.3. The Balaban J connectivity index is 5.82. The van der Waals surface area contributed by atoms with E-state index in [0.717, 1.165) is 106 Å². The molecule has 0 saturated carbocycles. The number of carbonyl (C=O) groups is 10.